The number of halogens is 1. The Morgan fingerprint density at radius 1 is 0.978 bits per heavy atom. The van der Waals surface area contributed by atoms with Gasteiger partial charge in [0.1, 0.15) is 18.3 Å². The zero-order valence-electron chi connectivity index (χ0n) is 29.1. The zero-order chi connectivity index (χ0) is 33.5. The molecule has 0 saturated carbocycles. The molecule has 4 aliphatic rings. The van der Waals surface area contributed by atoms with Crippen LogP contribution in [-0.2, 0) is 34.3 Å². The summed E-state index contributed by atoms with van der Waals surface area (Å²) in [6.45, 7) is 19.4. The third-order valence-corrected chi connectivity index (χ3v) is 12.3. The first kappa shape index (κ1) is 35.4. The number of piperidine rings is 2. The Balaban J connectivity index is 1.23. The minimum Gasteiger partial charge on any atom is -0.462 e. The molecule has 1 aromatic rings. The molecule has 0 bridgehead atoms. The van der Waals surface area contributed by atoms with E-state index < -0.39 is 11.5 Å². The van der Waals surface area contributed by atoms with Gasteiger partial charge in [-0.2, -0.15) is 10.1 Å². The summed E-state index contributed by atoms with van der Waals surface area (Å²) in [5.41, 5.74) is 0.913. The average molecular weight is 749 g/mol. The lowest BCUT2D eigenvalue weighted by molar-refractivity contribution is -0.332. The third-order valence-electron chi connectivity index (χ3n) is 9.96. The van der Waals surface area contributed by atoms with Crippen LogP contribution in [0.15, 0.2) is 46.6 Å². The maximum atomic E-state index is 13.4. The number of carbonyl (C=O) groups is 2. The molecule has 0 amide bonds. The van der Waals surface area contributed by atoms with Crippen LogP contribution >= 0.6 is 20.7 Å². The first-order chi connectivity index (χ1) is 21.6. The van der Waals surface area contributed by atoms with Crippen LogP contribution in [0.5, 0.6) is 0 Å². The highest BCUT2D eigenvalue weighted by Crippen LogP contribution is 2.52. The number of hydroxylamine groups is 4. The quantitative estimate of drug-likeness (QED) is 0.187. The van der Waals surface area contributed by atoms with Gasteiger partial charge in [-0.25, -0.2) is 0 Å². The summed E-state index contributed by atoms with van der Waals surface area (Å²) in [6.07, 6.45) is 9.25. The molecule has 6 atom stereocenters. The van der Waals surface area contributed by atoms with E-state index >= 15 is 0 Å². The molecular formula is C37H53IN2O6. The number of allylic oxidation sites excluding steroid dienone is 3. The van der Waals surface area contributed by atoms with Crippen molar-refractivity contribution in [3.8, 4) is 0 Å². The van der Waals surface area contributed by atoms with E-state index in [9.17, 15) is 9.59 Å². The third kappa shape index (κ3) is 7.23. The molecule has 2 fully saturated rings. The molecule has 0 aromatic heterocycles. The van der Waals surface area contributed by atoms with Gasteiger partial charge in [0.15, 0.2) is 0 Å². The number of esters is 2. The van der Waals surface area contributed by atoms with Gasteiger partial charge in [0.25, 0.3) is 0 Å². The van der Waals surface area contributed by atoms with E-state index in [1.54, 1.807) is 6.92 Å². The van der Waals surface area contributed by atoms with E-state index in [4.69, 9.17) is 19.1 Å². The largest absolute Gasteiger partial charge is 0.462 e. The number of carbonyl (C=O) groups excluding carboxylic acids is 2. The molecule has 6 unspecified atom stereocenters. The molecule has 254 valence electrons. The average Bonchev–Trinajstić information content (AvgIpc) is 2.96. The van der Waals surface area contributed by atoms with E-state index in [-0.39, 0.29) is 74.0 Å². The molecule has 4 heterocycles. The number of nitrogens with zero attached hydrogens (tertiary/aromatic N) is 2. The van der Waals surface area contributed by atoms with Gasteiger partial charge in [-0.15, -0.1) is 0 Å². The standard InChI is InChI=1S/C37H53IN2O6/c1-10-43-39-34(4,5)21-28(23-36(39,8)20-27-15-13-14-18-38-27)44-32(41)19-25(2)33(42)45-29-22-35(6,7)40-37(9,24-29)31-17-12-11-16-30(31)26(3)46-40/h11-18,25-26,28-29H,10,19-24H2,1-9H3. The van der Waals surface area contributed by atoms with Gasteiger partial charge in [0.05, 0.1) is 30.0 Å². The lowest BCUT2D eigenvalue weighted by Crippen LogP contribution is -2.63. The first-order valence-corrected chi connectivity index (χ1v) is 19.1. The second kappa shape index (κ2) is 13.5. The van der Waals surface area contributed by atoms with Crippen LogP contribution in [0, 0.1) is 5.92 Å². The number of hydrogen-bond acceptors (Lipinski definition) is 8. The Morgan fingerprint density at radius 2 is 1.67 bits per heavy atom. The van der Waals surface area contributed by atoms with E-state index in [0.29, 0.717) is 32.3 Å². The van der Waals surface area contributed by atoms with Crippen molar-refractivity contribution in [3.63, 3.8) is 0 Å². The van der Waals surface area contributed by atoms with Gasteiger partial charge in [0, 0.05) is 36.8 Å². The van der Waals surface area contributed by atoms with Crippen LogP contribution < -0.4 is 0 Å². The van der Waals surface area contributed by atoms with E-state index in [1.807, 2.05) is 13.0 Å². The molecule has 0 N–H and O–H groups in total. The molecule has 0 aliphatic carbocycles. The zero-order valence-corrected chi connectivity index (χ0v) is 31.3. The van der Waals surface area contributed by atoms with Crippen LogP contribution in [0.2, 0.25) is 0 Å². The number of rotatable bonds is 9. The van der Waals surface area contributed by atoms with Crippen LogP contribution in [-0.4, -0.2) is 61.0 Å². The SMILES string of the molecule is CCON1C(C)(C)CC(OC(=O)CC(C)C(=O)OC2CC(C)(C)N3OC(C)c4ccccc4C3(C)C2)CC1(C)CC1=IC=CC=C1. The number of benzene rings is 1. The van der Waals surface area contributed by atoms with Crippen LogP contribution in [0.1, 0.15) is 118 Å². The van der Waals surface area contributed by atoms with Crippen molar-refractivity contribution in [1.29, 1.82) is 0 Å². The van der Waals surface area contributed by atoms with Crippen molar-refractivity contribution in [2.45, 2.75) is 141 Å². The first-order valence-electron chi connectivity index (χ1n) is 16.8. The highest BCUT2D eigenvalue weighted by atomic mass is 127. The van der Waals surface area contributed by atoms with Gasteiger partial charge in [-0.3, -0.25) is 19.3 Å². The molecule has 4 aliphatic heterocycles. The molecule has 0 radical (unpaired) electrons. The molecular weight excluding hydrogens is 695 g/mol. The summed E-state index contributed by atoms with van der Waals surface area (Å²) in [4.78, 5) is 39.5. The fourth-order valence-corrected chi connectivity index (χ4v) is 10.8. The van der Waals surface area contributed by atoms with Crippen molar-refractivity contribution >= 4 is 36.2 Å². The van der Waals surface area contributed by atoms with Crippen LogP contribution in [0.3, 0.4) is 0 Å². The van der Waals surface area contributed by atoms with E-state index in [1.165, 1.54) is 14.6 Å². The molecule has 46 heavy (non-hydrogen) atoms. The summed E-state index contributed by atoms with van der Waals surface area (Å²) in [5, 5.41) is 4.27. The maximum absolute atomic E-state index is 13.4. The van der Waals surface area contributed by atoms with E-state index in [0.717, 1.165) is 6.42 Å². The highest BCUT2D eigenvalue weighted by Gasteiger charge is 2.55. The Kier molecular flexibility index (Phi) is 10.4. The lowest BCUT2D eigenvalue weighted by Gasteiger charge is -2.58. The normalized spacial score (nSPS) is 32.7. The smallest absolute Gasteiger partial charge is 0.309 e. The monoisotopic (exact) mass is 748 g/mol. The molecule has 2 saturated heterocycles. The fourth-order valence-electron chi connectivity index (χ4n) is 8.39. The van der Waals surface area contributed by atoms with Gasteiger partial charge in [-0.1, -0.05) is 70.1 Å². The van der Waals surface area contributed by atoms with Crippen molar-refractivity contribution in [2.24, 2.45) is 5.92 Å². The Morgan fingerprint density at radius 3 is 2.37 bits per heavy atom. The van der Waals surface area contributed by atoms with Crippen molar-refractivity contribution < 1.29 is 28.7 Å². The predicted molar refractivity (Wildman–Crippen MR) is 189 cm³/mol. The van der Waals surface area contributed by atoms with Crippen molar-refractivity contribution in [1.82, 2.24) is 10.1 Å². The maximum Gasteiger partial charge on any atom is 0.309 e. The molecule has 0 spiro atoms. The fraction of sp³-hybridized carbons (Fsp3) is 0.649. The molecule has 1 aromatic carbocycles. The predicted octanol–water partition coefficient (Wildman–Crippen LogP) is 7.83. The number of fused-ring (bicyclic) bond motifs is 3. The number of hydrogen-bond donors (Lipinski definition) is 0. The van der Waals surface area contributed by atoms with Gasteiger partial charge in [0.2, 0.25) is 0 Å². The summed E-state index contributed by atoms with van der Waals surface area (Å²) < 4.78 is 16.0. The van der Waals surface area contributed by atoms with Gasteiger partial charge < -0.3 is 9.47 Å². The Labute approximate surface area is 285 Å². The summed E-state index contributed by atoms with van der Waals surface area (Å²) >= 11 is -0.162. The topological polar surface area (TPSA) is 77.5 Å². The van der Waals surface area contributed by atoms with Crippen molar-refractivity contribution in [3.05, 3.63) is 57.7 Å². The summed E-state index contributed by atoms with van der Waals surface area (Å²) in [6, 6.07) is 8.38. The summed E-state index contributed by atoms with van der Waals surface area (Å²) in [7, 11) is 0. The second-order valence-electron chi connectivity index (χ2n) is 15.2. The minimum atomic E-state index is -0.612. The minimum absolute atomic E-state index is 0.0129. The molecule has 5 rings (SSSR count). The summed E-state index contributed by atoms with van der Waals surface area (Å²) in [5.74, 6) is -1.33. The Bertz CT molecular complexity index is 1400. The molecule has 8 nitrogen and oxygen atoms in total. The lowest BCUT2D eigenvalue weighted by atomic mass is 9.73. The number of ether oxygens (including phenoxy) is 2. The van der Waals surface area contributed by atoms with Gasteiger partial charge >= 0.3 is 11.9 Å². The second-order valence-corrected chi connectivity index (χ2v) is 18.0. The molecule has 9 heteroatoms. The van der Waals surface area contributed by atoms with Crippen LogP contribution in [0.4, 0.5) is 0 Å². The van der Waals surface area contributed by atoms with Crippen molar-refractivity contribution in [2.75, 3.05) is 6.61 Å². The van der Waals surface area contributed by atoms with Crippen LogP contribution in [0.25, 0.3) is 0 Å². The van der Waals surface area contributed by atoms with E-state index in [2.05, 4.69) is 99.1 Å². The highest BCUT2D eigenvalue weighted by molar-refractivity contribution is 14.2. The Hall–Kier alpha value is -1.92. The van der Waals surface area contributed by atoms with Gasteiger partial charge in [-0.05, 0) is 80.5 Å².